The smallest absolute Gasteiger partial charge is 0.131 e. The van der Waals surface area contributed by atoms with Crippen molar-refractivity contribution in [2.75, 3.05) is 19.0 Å². The van der Waals surface area contributed by atoms with Gasteiger partial charge in [0.25, 0.3) is 0 Å². The van der Waals surface area contributed by atoms with Crippen LogP contribution in [-0.2, 0) is 6.54 Å². The van der Waals surface area contributed by atoms with E-state index < -0.39 is 0 Å². The molecule has 4 nitrogen and oxygen atoms in total. The quantitative estimate of drug-likeness (QED) is 0.898. The van der Waals surface area contributed by atoms with Crippen LogP contribution in [0.4, 0.5) is 5.69 Å². The Kier molecular flexibility index (Phi) is 5.51. The molecule has 20 heavy (non-hydrogen) atoms. The Morgan fingerprint density at radius 3 is 2.30 bits per heavy atom. The molecule has 0 bridgehead atoms. The summed E-state index contributed by atoms with van der Waals surface area (Å²) >= 11 is 0. The Balaban J connectivity index is 3.16. The summed E-state index contributed by atoms with van der Waals surface area (Å²) in [5, 5.41) is 3.21. The summed E-state index contributed by atoms with van der Waals surface area (Å²) in [5.74, 6) is 1.26. The predicted octanol–water partition coefficient (Wildman–Crippen LogP) is 3.19. The van der Waals surface area contributed by atoms with Gasteiger partial charge < -0.3 is 10.2 Å². The summed E-state index contributed by atoms with van der Waals surface area (Å²) in [7, 11) is 4.08. The zero-order valence-electron chi connectivity index (χ0n) is 14.3. The van der Waals surface area contributed by atoms with E-state index in [0.29, 0.717) is 12.0 Å². The van der Waals surface area contributed by atoms with Gasteiger partial charge in [0.2, 0.25) is 0 Å². The molecule has 0 spiro atoms. The molecule has 1 atom stereocenters. The molecule has 0 aliphatic rings. The highest BCUT2D eigenvalue weighted by Crippen LogP contribution is 2.29. The molecule has 1 rings (SSSR count). The van der Waals surface area contributed by atoms with E-state index in [2.05, 4.69) is 63.8 Å². The van der Waals surface area contributed by atoms with E-state index in [4.69, 9.17) is 4.98 Å². The van der Waals surface area contributed by atoms with E-state index in [0.717, 1.165) is 23.8 Å². The lowest BCUT2D eigenvalue weighted by Crippen LogP contribution is -2.40. The summed E-state index contributed by atoms with van der Waals surface area (Å²) in [6, 6.07) is 0.409. The molecule has 1 aromatic heterocycles. The zero-order chi connectivity index (χ0) is 15.5. The van der Waals surface area contributed by atoms with Crippen LogP contribution >= 0.6 is 0 Å². The minimum absolute atomic E-state index is 0.211. The highest BCUT2D eigenvalue weighted by atomic mass is 15.2. The van der Waals surface area contributed by atoms with Crippen molar-refractivity contribution in [3.63, 3.8) is 0 Å². The molecular formula is C16H30N4. The molecule has 0 saturated heterocycles. The number of nitrogens with one attached hydrogen (secondary N) is 1. The van der Waals surface area contributed by atoms with Gasteiger partial charge >= 0.3 is 0 Å². The Morgan fingerprint density at radius 2 is 1.85 bits per heavy atom. The molecule has 0 radical (unpaired) electrons. The van der Waals surface area contributed by atoms with Crippen LogP contribution in [0.1, 0.15) is 59.0 Å². The van der Waals surface area contributed by atoms with Gasteiger partial charge in [-0.15, -0.1) is 0 Å². The fourth-order valence-electron chi connectivity index (χ4n) is 2.09. The Labute approximate surface area is 124 Å². The highest BCUT2D eigenvalue weighted by Gasteiger charge is 2.26. The number of hydrogen-bond acceptors (Lipinski definition) is 4. The molecule has 0 aliphatic carbocycles. The topological polar surface area (TPSA) is 41.1 Å². The third kappa shape index (κ3) is 3.92. The van der Waals surface area contributed by atoms with Crippen LogP contribution in [0.3, 0.4) is 0 Å². The van der Waals surface area contributed by atoms with Gasteiger partial charge in [-0.1, -0.05) is 34.6 Å². The van der Waals surface area contributed by atoms with Crippen molar-refractivity contribution in [2.45, 2.75) is 60.0 Å². The first-order valence-corrected chi connectivity index (χ1v) is 7.41. The van der Waals surface area contributed by atoms with Gasteiger partial charge in [0, 0.05) is 25.6 Å². The molecule has 0 aliphatic heterocycles. The largest absolute Gasteiger partial charge is 0.369 e. The number of anilines is 1. The third-order valence-corrected chi connectivity index (χ3v) is 3.94. The predicted molar refractivity (Wildman–Crippen MR) is 86.2 cm³/mol. The van der Waals surface area contributed by atoms with E-state index >= 15 is 0 Å². The lowest BCUT2D eigenvalue weighted by molar-refractivity contribution is 0.329. The van der Waals surface area contributed by atoms with Crippen LogP contribution < -0.4 is 10.2 Å². The molecule has 4 heteroatoms. The molecule has 114 valence electrons. The number of nitrogens with zero attached hydrogens (tertiary/aromatic N) is 3. The average molecular weight is 278 g/mol. The van der Waals surface area contributed by atoms with Gasteiger partial charge in [0.05, 0.1) is 17.6 Å². The maximum Gasteiger partial charge on any atom is 0.131 e. The number of hydrogen-bond donors (Lipinski definition) is 1. The molecular weight excluding hydrogens is 248 g/mol. The minimum Gasteiger partial charge on any atom is -0.369 e. The second-order valence-electron chi connectivity index (χ2n) is 6.90. The van der Waals surface area contributed by atoms with Crippen molar-refractivity contribution in [3.05, 3.63) is 17.7 Å². The van der Waals surface area contributed by atoms with Crippen LogP contribution in [0.25, 0.3) is 0 Å². The second kappa shape index (κ2) is 6.53. The Morgan fingerprint density at radius 1 is 1.25 bits per heavy atom. The van der Waals surface area contributed by atoms with Crippen LogP contribution in [0.15, 0.2) is 6.20 Å². The number of rotatable bonds is 5. The van der Waals surface area contributed by atoms with Crippen LogP contribution in [-0.4, -0.2) is 30.1 Å². The molecule has 0 amide bonds. The number of aromatic nitrogens is 2. The van der Waals surface area contributed by atoms with Crippen molar-refractivity contribution in [1.82, 2.24) is 15.3 Å². The Bertz CT molecular complexity index is 435. The maximum atomic E-state index is 4.73. The normalized spacial score (nSPS) is 13.7. The van der Waals surface area contributed by atoms with Gasteiger partial charge in [0.1, 0.15) is 5.82 Å². The standard InChI is InChI=1S/C16H30N4/c1-11(2)15-18-10-14(13(19-15)9-17-7)20(8)12(3)16(4,5)6/h10-12,17H,9H2,1-8H3. The fraction of sp³-hybridized carbons (Fsp3) is 0.750. The van der Waals surface area contributed by atoms with Gasteiger partial charge in [-0.25, -0.2) is 9.97 Å². The monoisotopic (exact) mass is 278 g/mol. The maximum absolute atomic E-state index is 4.73. The van der Waals surface area contributed by atoms with Crippen molar-refractivity contribution in [3.8, 4) is 0 Å². The van der Waals surface area contributed by atoms with Gasteiger partial charge in [-0.3, -0.25) is 0 Å². The summed E-state index contributed by atoms with van der Waals surface area (Å²) < 4.78 is 0. The first-order chi connectivity index (χ1) is 9.18. The molecule has 0 fully saturated rings. The van der Waals surface area contributed by atoms with Crippen LogP contribution in [0, 0.1) is 5.41 Å². The highest BCUT2D eigenvalue weighted by molar-refractivity contribution is 5.49. The molecule has 0 aromatic carbocycles. The first-order valence-electron chi connectivity index (χ1n) is 7.41. The molecule has 1 heterocycles. The van der Waals surface area contributed by atoms with Crippen molar-refractivity contribution in [2.24, 2.45) is 5.41 Å². The first kappa shape index (κ1) is 16.9. The second-order valence-corrected chi connectivity index (χ2v) is 6.90. The van der Waals surface area contributed by atoms with E-state index in [9.17, 15) is 0 Å². The Hall–Kier alpha value is -1.16. The van der Waals surface area contributed by atoms with E-state index in [1.807, 2.05) is 13.2 Å². The SMILES string of the molecule is CNCc1nc(C(C)C)ncc1N(C)C(C)C(C)(C)C. The van der Waals surface area contributed by atoms with Crippen molar-refractivity contribution >= 4 is 5.69 Å². The molecule has 1 unspecified atom stereocenters. The van der Waals surface area contributed by atoms with Crippen LogP contribution in [0.5, 0.6) is 0 Å². The summed E-state index contributed by atoms with van der Waals surface area (Å²) in [4.78, 5) is 11.5. The summed E-state index contributed by atoms with van der Waals surface area (Å²) in [6.45, 7) is 14.0. The van der Waals surface area contributed by atoms with E-state index in [-0.39, 0.29) is 5.41 Å². The van der Waals surface area contributed by atoms with Gasteiger partial charge in [-0.05, 0) is 19.4 Å². The van der Waals surface area contributed by atoms with E-state index in [1.165, 1.54) is 0 Å². The van der Waals surface area contributed by atoms with Gasteiger partial charge in [0.15, 0.2) is 0 Å². The molecule has 1 N–H and O–H groups in total. The minimum atomic E-state index is 0.211. The van der Waals surface area contributed by atoms with E-state index in [1.54, 1.807) is 0 Å². The van der Waals surface area contributed by atoms with Gasteiger partial charge in [-0.2, -0.15) is 0 Å². The molecule has 1 aromatic rings. The lowest BCUT2D eigenvalue weighted by Gasteiger charge is -2.37. The lowest BCUT2D eigenvalue weighted by atomic mass is 9.87. The summed E-state index contributed by atoms with van der Waals surface area (Å²) in [5.41, 5.74) is 2.40. The summed E-state index contributed by atoms with van der Waals surface area (Å²) in [6.07, 6.45) is 1.97. The van der Waals surface area contributed by atoms with Crippen LogP contribution in [0.2, 0.25) is 0 Å². The third-order valence-electron chi connectivity index (χ3n) is 3.94. The average Bonchev–Trinajstić information content (AvgIpc) is 2.36. The van der Waals surface area contributed by atoms with Crippen molar-refractivity contribution < 1.29 is 0 Å². The fourth-order valence-corrected chi connectivity index (χ4v) is 2.09. The van der Waals surface area contributed by atoms with Crippen molar-refractivity contribution in [1.29, 1.82) is 0 Å². The zero-order valence-corrected chi connectivity index (χ0v) is 14.3. The molecule has 0 saturated carbocycles.